The summed E-state index contributed by atoms with van der Waals surface area (Å²) in [7, 11) is 1.68. The summed E-state index contributed by atoms with van der Waals surface area (Å²) in [5, 5.41) is 10.7. The van der Waals surface area contributed by atoms with Crippen molar-refractivity contribution in [2.75, 3.05) is 13.7 Å². The zero-order valence-electron chi connectivity index (χ0n) is 13.1. The minimum atomic E-state index is -0.362. The Labute approximate surface area is 135 Å². The van der Waals surface area contributed by atoms with Crippen LogP contribution in [0.3, 0.4) is 0 Å². The Morgan fingerprint density at radius 1 is 1.26 bits per heavy atom. The molecule has 1 aliphatic rings. The molecule has 0 aliphatic carbocycles. The number of nitro groups is 1. The number of non-ortho nitro benzene ring substituents is 1. The highest BCUT2D eigenvalue weighted by atomic mass is 16.6. The Balaban J connectivity index is 1.74. The van der Waals surface area contributed by atoms with E-state index in [1.54, 1.807) is 19.2 Å². The van der Waals surface area contributed by atoms with Crippen molar-refractivity contribution in [3.8, 4) is 5.75 Å². The molecule has 0 aromatic heterocycles. The Morgan fingerprint density at radius 2 is 2.04 bits per heavy atom. The quantitative estimate of drug-likeness (QED) is 0.620. The number of benzene rings is 2. The summed E-state index contributed by atoms with van der Waals surface area (Å²) < 4.78 is 5.32. The van der Waals surface area contributed by atoms with E-state index in [0.717, 1.165) is 37.2 Å². The van der Waals surface area contributed by atoms with E-state index in [4.69, 9.17) is 4.74 Å². The monoisotopic (exact) mass is 312 g/mol. The lowest BCUT2D eigenvalue weighted by Gasteiger charge is -2.25. The molecule has 1 heterocycles. The van der Waals surface area contributed by atoms with E-state index in [1.165, 1.54) is 5.56 Å². The van der Waals surface area contributed by atoms with Gasteiger partial charge in [-0.2, -0.15) is 0 Å². The van der Waals surface area contributed by atoms with Crippen molar-refractivity contribution >= 4 is 5.69 Å². The Hall–Kier alpha value is -2.40. The number of nitro benzene ring substituents is 1. The molecule has 5 heteroatoms. The van der Waals surface area contributed by atoms with Crippen molar-refractivity contribution in [2.24, 2.45) is 0 Å². The summed E-state index contributed by atoms with van der Waals surface area (Å²) in [4.78, 5) is 12.8. The molecule has 1 fully saturated rings. The third-order valence-electron chi connectivity index (χ3n) is 4.38. The topological polar surface area (TPSA) is 55.6 Å². The zero-order chi connectivity index (χ0) is 16.2. The summed E-state index contributed by atoms with van der Waals surface area (Å²) in [5.41, 5.74) is 2.51. The van der Waals surface area contributed by atoms with Crippen LogP contribution in [0.5, 0.6) is 5.75 Å². The molecule has 1 saturated heterocycles. The number of likely N-dealkylation sites (tertiary alicyclic amines) is 1. The first-order valence-electron chi connectivity index (χ1n) is 7.78. The molecule has 1 aliphatic heterocycles. The fraction of sp³-hybridized carbons (Fsp3) is 0.333. The van der Waals surface area contributed by atoms with Crippen LogP contribution in [0.1, 0.15) is 30.0 Å². The van der Waals surface area contributed by atoms with Gasteiger partial charge in [0.2, 0.25) is 0 Å². The molecule has 5 nitrogen and oxygen atoms in total. The molecule has 0 saturated carbocycles. The molecule has 3 rings (SSSR count). The molecule has 120 valence electrons. The zero-order valence-corrected chi connectivity index (χ0v) is 13.1. The van der Waals surface area contributed by atoms with Crippen molar-refractivity contribution in [3.63, 3.8) is 0 Å². The van der Waals surface area contributed by atoms with E-state index < -0.39 is 0 Å². The van der Waals surface area contributed by atoms with Crippen LogP contribution in [0, 0.1) is 10.1 Å². The maximum absolute atomic E-state index is 10.7. The van der Waals surface area contributed by atoms with Gasteiger partial charge < -0.3 is 4.74 Å². The fourth-order valence-electron chi connectivity index (χ4n) is 3.20. The Morgan fingerprint density at radius 3 is 2.74 bits per heavy atom. The average molecular weight is 312 g/mol. The first-order chi connectivity index (χ1) is 11.2. The summed E-state index contributed by atoms with van der Waals surface area (Å²) in [5.74, 6) is 0.879. The lowest BCUT2D eigenvalue weighted by Crippen LogP contribution is -2.22. The molecule has 1 atom stereocenters. The number of nitrogens with zero attached hydrogens (tertiary/aromatic N) is 2. The third kappa shape index (κ3) is 3.51. The Kier molecular flexibility index (Phi) is 4.57. The van der Waals surface area contributed by atoms with Crippen LogP contribution in [0.2, 0.25) is 0 Å². The van der Waals surface area contributed by atoms with E-state index in [9.17, 15) is 10.1 Å². The smallest absolute Gasteiger partial charge is 0.269 e. The minimum absolute atomic E-state index is 0.138. The van der Waals surface area contributed by atoms with Gasteiger partial charge in [-0.1, -0.05) is 24.3 Å². The largest absolute Gasteiger partial charge is 0.497 e. The number of methoxy groups -OCH3 is 1. The van der Waals surface area contributed by atoms with Gasteiger partial charge in [0.05, 0.1) is 12.0 Å². The van der Waals surface area contributed by atoms with Crippen LogP contribution in [0.25, 0.3) is 0 Å². The van der Waals surface area contributed by atoms with E-state index >= 15 is 0 Å². The first kappa shape index (κ1) is 15.5. The van der Waals surface area contributed by atoms with E-state index in [2.05, 4.69) is 17.0 Å². The van der Waals surface area contributed by atoms with Gasteiger partial charge in [-0.15, -0.1) is 0 Å². The highest BCUT2D eigenvalue weighted by molar-refractivity contribution is 5.34. The second-order valence-electron chi connectivity index (χ2n) is 5.83. The predicted molar refractivity (Wildman–Crippen MR) is 88.5 cm³/mol. The molecule has 0 unspecified atom stereocenters. The van der Waals surface area contributed by atoms with E-state index in [1.807, 2.05) is 24.3 Å². The van der Waals surface area contributed by atoms with Crippen LogP contribution in [-0.2, 0) is 6.54 Å². The second kappa shape index (κ2) is 6.79. The SMILES string of the molecule is COc1cccc([C@H]2CCCN2Cc2ccc([N+](=O)[O-])cc2)c1. The number of rotatable bonds is 5. The van der Waals surface area contributed by atoms with Gasteiger partial charge in [-0.3, -0.25) is 15.0 Å². The van der Waals surface area contributed by atoms with Crippen LogP contribution in [0.4, 0.5) is 5.69 Å². The number of ether oxygens (including phenoxy) is 1. The maximum Gasteiger partial charge on any atom is 0.269 e. The highest BCUT2D eigenvalue weighted by Gasteiger charge is 2.26. The molecule has 23 heavy (non-hydrogen) atoms. The lowest BCUT2D eigenvalue weighted by atomic mass is 10.0. The highest BCUT2D eigenvalue weighted by Crippen LogP contribution is 2.34. The van der Waals surface area contributed by atoms with Crippen molar-refractivity contribution in [3.05, 3.63) is 69.8 Å². The van der Waals surface area contributed by atoms with Crippen LogP contribution in [-0.4, -0.2) is 23.5 Å². The lowest BCUT2D eigenvalue weighted by molar-refractivity contribution is -0.384. The second-order valence-corrected chi connectivity index (χ2v) is 5.83. The van der Waals surface area contributed by atoms with Crippen molar-refractivity contribution in [2.45, 2.75) is 25.4 Å². The summed E-state index contributed by atoms with van der Waals surface area (Å²) in [6.07, 6.45) is 2.29. The third-order valence-corrected chi connectivity index (χ3v) is 4.38. The van der Waals surface area contributed by atoms with Gasteiger partial charge in [0.25, 0.3) is 5.69 Å². The molecule has 0 N–H and O–H groups in total. The van der Waals surface area contributed by atoms with Crippen molar-refractivity contribution < 1.29 is 9.66 Å². The van der Waals surface area contributed by atoms with Gasteiger partial charge in [-0.05, 0) is 42.6 Å². The van der Waals surface area contributed by atoms with E-state index in [-0.39, 0.29) is 10.6 Å². The van der Waals surface area contributed by atoms with Crippen LogP contribution >= 0.6 is 0 Å². The predicted octanol–water partition coefficient (Wildman–Crippen LogP) is 3.94. The van der Waals surface area contributed by atoms with Gasteiger partial charge in [0, 0.05) is 24.7 Å². The van der Waals surface area contributed by atoms with Crippen molar-refractivity contribution in [1.29, 1.82) is 0 Å². The summed E-state index contributed by atoms with van der Waals surface area (Å²) in [6, 6.07) is 15.4. The standard InChI is InChI=1S/C18H20N2O3/c1-23-17-5-2-4-15(12-17)18-6-3-11-19(18)13-14-7-9-16(10-8-14)20(21)22/h2,4-5,7-10,12,18H,3,6,11,13H2,1H3/t18-/m1/s1. The van der Waals surface area contributed by atoms with E-state index in [0.29, 0.717) is 6.04 Å². The molecular weight excluding hydrogens is 292 g/mol. The molecule has 0 radical (unpaired) electrons. The molecule has 0 spiro atoms. The summed E-state index contributed by atoms with van der Waals surface area (Å²) in [6.45, 7) is 1.85. The minimum Gasteiger partial charge on any atom is -0.497 e. The molecular formula is C18H20N2O3. The van der Waals surface area contributed by atoms with Gasteiger partial charge in [-0.25, -0.2) is 0 Å². The first-order valence-corrected chi connectivity index (χ1v) is 7.78. The molecule has 2 aromatic rings. The van der Waals surface area contributed by atoms with Gasteiger partial charge in [0.1, 0.15) is 5.75 Å². The average Bonchev–Trinajstić information content (AvgIpc) is 3.03. The number of hydrogen-bond acceptors (Lipinski definition) is 4. The van der Waals surface area contributed by atoms with Crippen LogP contribution in [0.15, 0.2) is 48.5 Å². The molecule has 2 aromatic carbocycles. The van der Waals surface area contributed by atoms with Crippen molar-refractivity contribution in [1.82, 2.24) is 4.90 Å². The number of hydrogen-bond donors (Lipinski definition) is 0. The van der Waals surface area contributed by atoms with Gasteiger partial charge >= 0.3 is 0 Å². The Bertz CT molecular complexity index is 685. The molecule has 0 amide bonds. The maximum atomic E-state index is 10.7. The molecule has 0 bridgehead atoms. The summed E-state index contributed by atoms with van der Waals surface area (Å²) >= 11 is 0. The fourth-order valence-corrected chi connectivity index (χ4v) is 3.20. The van der Waals surface area contributed by atoms with Gasteiger partial charge in [0.15, 0.2) is 0 Å². The normalized spacial score (nSPS) is 18.0. The van der Waals surface area contributed by atoms with Crippen LogP contribution < -0.4 is 4.74 Å².